The van der Waals surface area contributed by atoms with Gasteiger partial charge in [0.25, 0.3) is 0 Å². The molecule has 2 nitrogen and oxygen atoms in total. The fraction of sp³-hybridized carbons (Fsp3) is 1.00. The molecule has 1 atom stereocenters. The highest BCUT2D eigenvalue weighted by molar-refractivity contribution is 4.86. The highest BCUT2D eigenvalue weighted by Crippen LogP contribution is 2.27. The Hall–Kier alpha value is -0.0800. The maximum atomic E-state index is 3.65. The van der Waals surface area contributed by atoms with E-state index >= 15 is 0 Å². The zero-order chi connectivity index (χ0) is 13.3. The third-order valence-electron chi connectivity index (χ3n) is 4.04. The molecule has 0 aliphatic heterocycles. The van der Waals surface area contributed by atoms with Crippen molar-refractivity contribution in [1.82, 2.24) is 10.2 Å². The van der Waals surface area contributed by atoms with Gasteiger partial charge in [-0.1, -0.05) is 34.6 Å². The minimum Gasteiger partial charge on any atom is -0.313 e. The molecule has 102 valence electrons. The molecule has 1 saturated carbocycles. The first-order valence-corrected chi connectivity index (χ1v) is 7.05. The summed E-state index contributed by atoms with van der Waals surface area (Å²) in [4.78, 5) is 2.51. The number of hydrogen-bond acceptors (Lipinski definition) is 2. The molecule has 1 rings (SSSR count). The van der Waals surface area contributed by atoms with Crippen molar-refractivity contribution in [3.05, 3.63) is 0 Å². The summed E-state index contributed by atoms with van der Waals surface area (Å²) in [7, 11) is 2.26. The summed E-state index contributed by atoms with van der Waals surface area (Å²) in [5.74, 6) is 0. The van der Waals surface area contributed by atoms with Crippen LogP contribution in [-0.2, 0) is 0 Å². The van der Waals surface area contributed by atoms with Crippen LogP contribution in [0.1, 0.15) is 54.4 Å². The van der Waals surface area contributed by atoms with E-state index in [1.54, 1.807) is 0 Å². The average Bonchev–Trinajstić information content (AvgIpc) is 2.94. The van der Waals surface area contributed by atoms with E-state index in [1.165, 1.54) is 12.8 Å². The third-order valence-corrected chi connectivity index (χ3v) is 4.04. The fourth-order valence-electron chi connectivity index (χ4n) is 2.24. The Bertz CT molecular complexity index is 236. The topological polar surface area (TPSA) is 15.3 Å². The Morgan fingerprint density at radius 3 is 2.12 bits per heavy atom. The van der Waals surface area contributed by atoms with Crippen LogP contribution in [0.15, 0.2) is 0 Å². The quantitative estimate of drug-likeness (QED) is 0.767. The van der Waals surface area contributed by atoms with Crippen molar-refractivity contribution in [3.63, 3.8) is 0 Å². The van der Waals surface area contributed by atoms with Gasteiger partial charge in [0.05, 0.1) is 0 Å². The molecule has 0 aromatic carbocycles. The lowest BCUT2D eigenvalue weighted by Gasteiger charge is -2.40. The first kappa shape index (κ1) is 15.0. The lowest BCUT2D eigenvalue weighted by molar-refractivity contribution is 0.0974. The molecule has 0 heterocycles. The molecule has 1 fully saturated rings. The highest BCUT2D eigenvalue weighted by Gasteiger charge is 2.30. The number of hydrogen-bond donors (Lipinski definition) is 1. The lowest BCUT2D eigenvalue weighted by atomic mass is 9.85. The molecule has 1 aliphatic carbocycles. The predicted molar refractivity (Wildman–Crippen MR) is 76.4 cm³/mol. The van der Waals surface area contributed by atoms with Gasteiger partial charge >= 0.3 is 0 Å². The Kier molecular flexibility index (Phi) is 4.65. The standard InChI is InChI=1S/C15H32N2/c1-12(14(2,3)4)17(7)11-15(5,6)10-16-13-8-9-13/h12-13,16H,8-11H2,1-7H3. The van der Waals surface area contributed by atoms with Crippen LogP contribution in [0.4, 0.5) is 0 Å². The van der Waals surface area contributed by atoms with Crippen LogP contribution in [0.2, 0.25) is 0 Å². The van der Waals surface area contributed by atoms with E-state index in [4.69, 9.17) is 0 Å². The van der Waals surface area contributed by atoms with Crippen LogP contribution in [0.25, 0.3) is 0 Å². The second-order valence-electron chi connectivity index (χ2n) is 7.78. The van der Waals surface area contributed by atoms with Crippen molar-refractivity contribution in [2.24, 2.45) is 10.8 Å². The molecule has 17 heavy (non-hydrogen) atoms. The smallest absolute Gasteiger partial charge is 0.0113 e. The summed E-state index contributed by atoms with van der Waals surface area (Å²) in [5, 5.41) is 3.65. The van der Waals surface area contributed by atoms with Gasteiger partial charge in [0, 0.05) is 25.2 Å². The molecule has 0 saturated heterocycles. The van der Waals surface area contributed by atoms with E-state index in [0.717, 1.165) is 19.1 Å². The van der Waals surface area contributed by atoms with Crippen molar-refractivity contribution in [1.29, 1.82) is 0 Å². The van der Waals surface area contributed by atoms with Crippen LogP contribution < -0.4 is 5.32 Å². The molecule has 1 N–H and O–H groups in total. The summed E-state index contributed by atoms with van der Waals surface area (Å²) in [5.41, 5.74) is 0.714. The van der Waals surface area contributed by atoms with Crippen molar-refractivity contribution in [2.45, 2.75) is 66.5 Å². The van der Waals surface area contributed by atoms with Crippen LogP contribution >= 0.6 is 0 Å². The monoisotopic (exact) mass is 240 g/mol. The van der Waals surface area contributed by atoms with Crippen molar-refractivity contribution >= 4 is 0 Å². The predicted octanol–water partition coefficient (Wildman–Crippen LogP) is 3.13. The Balaban J connectivity index is 2.38. The summed E-state index contributed by atoms with van der Waals surface area (Å²) in [6.07, 6.45) is 2.76. The first-order valence-electron chi connectivity index (χ1n) is 7.05. The minimum atomic E-state index is 0.356. The Morgan fingerprint density at radius 2 is 1.71 bits per heavy atom. The van der Waals surface area contributed by atoms with Gasteiger partial charge in [-0.3, -0.25) is 0 Å². The molecule has 2 heteroatoms. The van der Waals surface area contributed by atoms with E-state index in [1.807, 2.05) is 0 Å². The Labute approximate surface area is 108 Å². The lowest BCUT2D eigenvalue weighted by Crippen LogP contribution is -2.46. The van der Waals surface area contributed by atoms with Gasteiger partial charge in [0.1, 0.15) is 0 Å². The largest absolute Gasteiger partial charge is 0.313 e. The first-order chi connectivity index (χ1) is 7.62. The van der Waals surface area contributed by atoms with E-state index in [-0.39, 0.29) is 0 Å². The van der Waals surface area contributed by atoms with Crippen LogP contribution in [-0.4, -0.2) is 37.1 Å². The Morgan fingerprint density at radius 1 is 1.18 bits per heavy atom. The molecule has 0 spiro atoms. The number of nitrogens with one attached hydrogen (secondary N) is 1. The molecule has 0 amide bonds. The van der Waals surface area contributed by atoms with Gasteiger partial charge in [0.2, 0.25) is 0 Å². The van der Waals surface area contributed by atoms with Gasteiger partial charge in [0.15, 0.2) is 0 Å². The molecule has 0 aromatic rings. The number of nitrogens with zero attached hydrogens (tertiary/aromatic N) is 1. The highest BCUT2D eigenvalue weighted by atomic mass is 15.1. The van der Waals surface area contributed by atoms with Gasteiger partial charge in [-0.25, -0.2) is 0 Å². The molecule has 1 unspecified atom stereocenters. The fourth-order valence-corrected chi connectivity index (χ4v) is 2.24. The van der Waals surface area contributed by atoms with E-state index in [2.05, 4.69) is 58.8 Å². The van der Waals surface area contributed by atoms with Gasteiger partial charge in [-0.2, -0.15) is 0 Å². The van der Waals surface area contributed by atoms with Crippen molar-refractivity contribution in [2.75, 3.05) is 20.1 Å². The summed E-state index contributed by atoms with van der Waals surface area (Å²) < 4.78 is 0. The molecule has 0 radical (unpaired) electrons. The van der Waals surface area contributed by atoms with Gasteiger partial charge < -0.3 is 10.2 Å². The van der Waals surface area contributed by atoms with Crippen LogP contribution in [0.5, 0.6) is 0 Å². The van der Waals surface area contributed by atoms with Crippen LogP contribution in [0.3, 0.4) is 0 Å². The number of rotatable bonds is 6. The van der Waals surface area contributed by atoms with E-state index in [9.17, 15) is 0 Å². The maximum Gasteiger partial charge on any atom is 0.0113 e. The van der Waals surface area contributed by atoms with Gasteiger partial charge in [-0.15, -0.1) is 0 Å². The second-order valence-corrected chi connectivity index (χ2v) is 7.78. The maximum absolute atomic E-state index is 3.65. The second kappa shape index (κ2) is 5.27. The normalized spacial score (nSPS) is 19.8. The summed E-state index contributed by atoms with van der Waals surface area (Å²) in [6, 6.07) is 1.43. The van der Waals surface area contributed by atoms with Gasteiger partial charge in [-0.05, 0) is 37.6 Å². The SMILES string of the molecule is CC(N(C)CC(C)(C)CNC1CC1)C(C)(C)C. The summed E-state index contributed by atoms with van der Waals surface area (Å²) in [6.45, 7) is 16.3. The van der Waals surface area contributed by atoms with E-state index < -0.39 is 0 Å². The molecular weight excluding hydrogens is 208 g/mol. The van der Waals surface area contributed by atoms with E-state index in [0.29, 0.717) is 16.9 Å². The third kappa shape index (κ3) is 5.39. The minimum absolute atomic E-state index is 0.356. The molecule has 1 aliphatic rings. The molecule has 0 bridgehead atoms. The van der Waals surface area contributed by atoms with Crippen molar-refractivity contribution in [3.8, 4) is 0 Å². The zero-order valence-corrected chi connectivity index (χ0v) is 12.9. The summed E-state index contributed by atoms with van der Waals surface area (Å²) >= 11 is 0. The molecular formula is C15H32N2. The molecule has 0 aromatic heterocycles. The zero-order valence-electron chi connectivity index (χ0n) is 12.9. The van der Waals surface area contributed by atoms with Crippen molar-refractivity contribution < 1.29 is 0 Å². The van der Waals surface area contributed by atoms with Crippen LogP contribution in [0, 0.1) is 10.8 Å². The average molecular weight is 240 g/mol.